The highest BCUT2D eigenvalue weighted by atomic mass is 32.2. The number of likely N-dealkylation sites (N-methyl/N-ethyl adjacent to an activating group) is 1. The summed E-state index contributed by atoms with van der Waals surface area (Å²) >= 11 is 0. The van der Waals surface area contributed by atoms with E-state index in [0.29, 0.717) is 6.42 Å². The molecular weight excluding hydrogens is 332 g/mol. The van der Waals surface area contributed by atoms with Gasteiger partial charge in [0.2, 0.25) is 15.9 Å². The molecule has 1 amide bonds. The van der Waals surface area contributed by atoms with Gasteiger partial charge in [0.1, 0.15) is 6.04 Å². The number of amides is 1. The van der Waals surface area contributed by atoms with E-state index in [1.807, 2.05) is 24.3 Å². The van der Waals surface area contributed by atoms with E-state index in [2.05, 4.69) is 4.74 Å². The van der Waals surface area contributed by atoms with E-state index in [-0.39, 0.29) is 25.4 Å². The number of carbonyl (C=O) groups is 2. The number of fused-ring (bicyclic) bond motifs is 2. The molecule has 2 unspecified atom stereocenters. The Morgan fingerprint density at radius 3 is 2.58 bits per heavy atom. The van der Waals surface area contributed by atoms with Gasteiger partial charge >= 0.3 is 5.97 Å². The smallest absolute Gasteiger partial charge is 0.325 e. The molecule has 1 saturated heterocycles. The van der Waals surface area contributed by atoms with Crippen molar-refractivity contribution in [2.75, 3.05) is 20.7 Å². The minimum Gasteiger partial charge on any atom is -0.468 e. The molecule has 0 N–H and O–H groups in total. The molecule has 2 aliphatic heterocycles. The lowest BCUT2D eigenvalue weighted by Gasteiger charge is -2.40. The standard InChI is InChI=1S/C16H20N2O5S/c1-17-8-7-14(16(20)23-2)24(21,22)18-10-12-6-4-3-5-11(12)9-13(18)15(17)19/h3-6,13-14H,7-10H2,1-2H3. The SMILES string of the molecule is COC(=O)C1CCN(C)C(=O)C2Cc3ccccc3CN2S1(=O)=O. The Labute approximate surface area is 141 Å². The van der Waals surface area contributed by atoms with Crippen LogP contribution in [-0.2, 0) is 37.3 Å². The maximum Gasteiger partial charge on any atom is 0.325 e. The fraction of sp³-hybridized carbons (Fsp3) is 0.500. The molecule has 24 heavy (non-hydrogen) atoms. The Kier molecular flexibility index (Phi) is 4.35. The highest BCUT2D eigenvalue weighted by Crippen LogP contribution is 2.31. The number of esters is 1. The van der Waals surface area contributed by atoms with Crippen LogP contribution >= 0.6 is 0 Å². The molecule has 2 aliphatic rings. The summed E-state index contributed by atoms with van der Waals surface area (Å²) in [5.41, 5.74) is 1.82. The minimum absolute atomic E-state index is 0.0299. The van der Waals surface area contributed by atoms with E-state index in [9.17, 15) is 18.0 Å². The Balaban J connectivity index is 2.09. The summed E-state index contributed by atoms with van der Waals surface area (Å²) in [6.45, 7) is 0.292. The van der Waals surface area contributed by atoms with E-state index < -0.39 is 27.3 Å². The Morgan fingerprint density at radius 1 is 1.25 bits per heavy atom. The number of hydrogen-bond acceptors (Lipinski definition) is 5. The monoisotopic (exact) mass is 352 g/mol. The number of sulfonamides is 1. The number of benzene rings is 1. The third-order valence-corrected chi connectivity index (χ3v) is 6.93. The van der Waals surface area contributed by atoms with Crippen LogP contribution in [0.15, 0.2) is 24.3 Å². The maximum absolute atomic E-state index is 13.0. The molecule has 8 heteroatoms. The fourth-order valence-corrected chi connectivity index (χ4v) is 5.24. The zero-order valence-electron chi connectivity index (χ0n) is 13.6. The number of nitrogens with zero attached hydrogens (tertiary/aromatic N) is 2. The Bertz CT molecular complexity index is 776. The van der Waals surface area contributed by atoms with E-state index in [1.54, 1.807) is 7.05 Å². The average Bonchev–Trinajstić information content (AvgIpc) is 2.58. The van der Waals surface area contributed by atoms with Crippen molar-refractivity contribution in [2.24, 2.45) is 0 Å². The quantitative estimate of drug-likeness (QED) is 0.672. The Hall–Kier alpha value is -1.93. The van der Waals surface area contributed by atoms with Crippen LogP contribution in [-0.4, -0.2) is 61.5 Å². The summed E-state index contributed by atoms with van der Waals surface area (Å²) in [4.78, 5) is 26.2. The number of carbonyl (C=O) groups excluding carboxylic acids is 2. The molecule has 0 saturated carbocycles. The molecule has 1 fully saturated rings. The van der Waals surface area contributed by atoms with Crippen LogP contribution in [0.25, 0.3) is 0 Å². The van der Waals surface area contributed by atoms with Crippen LogP contribution in [0.1, 0.15) is 17.5 Å². The third-order valence-electron chi connectivity index (χ3n) is 4.74. The van der Waals surface area contributed by atoms with Crippen molar-refractivity contribution in [1.29, 1.82) is 0 Å². The van der Waals surface area contributed by atoms with Gasteiger partial charge in [-0.2, -0.15) is 4.31 Å². The van der Waals surface area contributed by atoms with E-state index in [1.165, 1.54) is 16.3 Å². The third kappa shape index (κ3) is 2.69. The first-order valence-electron chi connectivity index (χ1n) is 7.76. The molecule has 0 spiro atoms. The van der Waals surface area contributed by atoms with Crippen molar-refractivity contribution < 1.29 is 22.7 Å². The van der Waals surface area contributed by atoms with Crippen LogP contribution < -0.4 is 0 Å². The molecule has 0 bridgehead atoms. The van der Waals surface area contributed by atoms with Gasteiger partial charge < -0.3 is 9.64 Å². The normalized spacial score (nSPS) is 26.8. The van der Waals surface area contributed by atoms with Crippen molar-refractivity contribution in [2.45, 2.75) is 30.7 Å². The van der Waals surface area contributed by atoms with Gasteiger partial charge in [-0.05, 0) is 24.0 Å². The minimum atomic E-state index is -3.98. The predicted octanol–water partition coefficient (Wildman–Crippen LogP) is 0.147. The number of rotatable bonds is 1. The average molecular weight is 352 g/mol. The van der Waals surface area contributed by atoms with Crippen molar-refractivity contribution >= 4 is 21.9 Å². The second-order valence-electron chi connectivity index (χ2n) is 6.14. The maximum atomic E-state index is 13.0. The largest absolute Gasteiger partial charge is 0.468 e. The van der Waals surface area contributed by atoms with Crippen molar-refractivity contribution in [3.8, 4) is 0 Å². The van der Waals surface area contributed by atoms with E-state index in [0.717, 1.165) is 11.1 Å². The molecule has 1 aromatic rings. The van der Waals surface area contributed by atoms with E-state index >= 15 is 0 Å². The van der Waals surface area contributed by atoms with Crippen molar-refractivity contribution in [3.63, 3.8) is 0 Å². The van der Waals surface area contributed by atoms with Gasteiger partial charge in [0.15, 0.2) is 5.25 Å². The molecule has 3 rings (SSSR count). The lowest BCUT2D eigenvalue weighted by Crippen LogP contribution is -2.58. The fourth-order valence-electron chi connectivity index (χ4n) is 3.34. The zero-order valence-corrected chi connectivity index (χ0v) is 14.5. The lowest BCUT2D eigenvalue weighted by atomic mass is 9.95. The van der Waals surface area contributed by atoms with Gasteiger partial charge in [0.05, 0.1) is 7.11 Å². The summed E-state index contributed by atoms with van der Waals surface area (Å²) in [6, 6.07) is 6.64. The highest BCUT2D eigenvalue weighted by molar-refractivity contribution is 7.90. The van der Waals surface area contributed by atoms with Gasteiger partial charge in [0, 0.05) is 20.1 Å². The molecule has 0 aromatic heterocycles. The molecule has 130 valence electrons. The molecule has 0 radical (unpaired) electrons. The lowest BCUT2D eigenvalue weighted by molar-refractivity contribution is -0.142. The first-order chi connectivity index (χ1) is 11.4. The van der Waals surface area contributed by atoms with Gasteiger partial charge in [0.25, 0.3) is 0 Å². The van der Waals surface area contributed by atoms with Gasteiger partial charge in [-0.1, -0.05) is 24.3 Å². The number of ether oxygens (including phenoxy) is 1. The molecule has 1 aromatic carbocycles. The van der Waals surface area contributed by atoms with Crippen LogP contribution in [0.2, 0.25) is 0 Å². The van der Waals surface area contributed by atoms with Crippen LogP contribution in [0.3, 0.4) is 0 Å². The molecule has 0 aliphatic carbocycles. The van der Waals surface area contributed by atoms with Crippen molar-refractivity contribution in [1.82, 2.24) is 9.21 Å². The first kappa shape index (κ1) is 16.9. The topological polar surface area (TPSA) is 84.0 Å². The van der Waals surface area contributed by atoms with E-state index in [4.69, 9.17) is 0 Å². The van der Waals surface area contributed by atoms with Crippen LogP contribution in [0.5, 0.6) is 0 Å². The summed E-state index contributed by atoms with van der Waals surface area (Å²) < 4.78 is 31.9. The molecule has 2 atom stereocenters. The summed E-state index contributed by atoms with van der Waals surface area (Å²) in [7, 11) is -1.18. The summed E-state index contributed by atoms with van der Waals surface area (Å²) in [5.74, 6) is -1.02. The second-order valence-corrected chi connectivity index (χ2v) is 8.21. The first-order valence-corrected chi connectivity index (χ1v) is 9.27. The van der Waals surface area contributed by atoms with Crippen molar-refractivity contribution in [3.05, 3.63) is 35.4 Å². The Morgan fingerprint density at radius 2 is 1.92 bits per heavy atom. The van der Waals surface area contributed by atoms with Gasteiger partial charge in [-0.25, -0.2) is 8.42 Å². The molecular formula is C16H20N2O5S. The van der Waals surface area contributed by atoms with Gasteiger partial charge in [-0.3, -0.25) is 9.59 Å². The van der Waals surface area contributed by atoms with Crippen LogP contribution in [0.4, 0.5) is 0 Å². The number of hydrogen-bond donors (Lipinski definition) is 0. The predicted molar refractivity (Wildman–Crippen MR) is 86.5 cm³/mol. The molecule has 2 heterocycles. The number of methoxy groups -OCH3 is 1. The van der Waals surface area contributed by atoms with Gasteiger partial charge in [-0.15, -0.1) is 0 Å². The zero-order chi connectivity index (χ0) is 17.5. The highest BCUT2D eigenvalue weighted by Gasteiger charge is 2.47. The summed E-state index contributed by atoms with van der Waals surface area (Å²) in [5, 5.41) is -1.29. The molecule has 7 nitrogen and oxygen atoms in total. The van der Waals surface area contributed by atoms with Crippen LogP contribution in [0, 0.1) is 0 Å². The second kappa shape index (κ2) is 6.18. The summed E-state index contributed by atoms with van der Waals surface area (Å²) in [6.07, 6.45) is 0.342.